The molecule has 0 unspecified atom stereocenters. The number of nitrogens with zero attached hydrogens (tertiary/aromatic N) is 3. The van der Waals surface area contributed by atoms with Gasteiger partial charge in [-0.25, -0.2) is 0 Å². The van der Waals surface area contributed by atoms with E-state index in [1.165, 1.54) is 11.9 Å². The lowest BCUT2D eigenvalue weighted by Gasteiger charge is -2.15. The molecule has 1 aromatic rings. The minimum absolute atomic E-state index is 0.134. The minimum atomic E-state index is -0.690. The van der Waals surface area contributed by atoms with Crippen LogP contribution in [-0.2, 0) is 0 Å². The monoisotopic (exact) mass is 249 g/mol. The maximum absolute atomic E-state index is 11.9. The predicted octanol–water partition coefficient (Wildman–Crippen LogP) is 1.29. The molecular weight excluding hydrogens is 238 g/mol. The second-order valence-corrected chi connectivity index (χ2v) is 3.59. The molecule has 0 fully saturated rings. The summed E-state index contributed by atoms with van der Waals surface area (Å²) in [6, 6.07) is 5.13. The first-order chi connectivity index (χ1) is 8.47. The molecule has 7 nitrogen and oxygen atoms in total. The molecule has 0 saturated carbocycles. The summed E-state index contributed by atoms with van der Waals surface area (Å²) in [5.74, 6) is -0.828. The average Bonchev–Trinajstić information content (AvgIpc) is 2.34. The summed E-state index contributed by atoms with van der Waals surface area (Å²) in [5, 5.41) is 28.5. The summed E-state index contributed by atoms with van der Waals surface area (Å²) in [4.78, 5) is 23.2. The normalized spacial score (nSPS) is 9.56. The Hall–Kier alpha value is -2.62. The van der Waals surface area contributed by atoms with Crippen molar-refractivity contribution in [3.8, 4) is 11.8 Å². The van der Waals surface area contributed by atoms with Crippen LogP contribution in [0.3, 0.4) is 0 Å². The average molecular weight is 249 g/mol. The van der Waals surface area contributed by atoms with Gasteiger partial charge in [-0.15, -0.1) is 0 Å². The number of benzene rings is 1. The third kappa shape index (κ3) is 2.95. The lowest BCUT2D eigenvalue weighted by Crippen LogP contribution is -2.28. The number of nitro groups is 1. The van der Waals surface area contributed by atoms with E-state index < -0.39 is 10.8 Å². The highest BCUT2D eigenvalue weighted by Crippen LogP contribution is 2.24. The maximum atomic E-state index is 11.9. The number of carbonyl (C=O) groups excluding carboxylic acids is 1. The predicted molar refractivity (Wildman–Crippen MR) is 62.0 cm³/mol. The molecule has 18 heavy (non-hydrogen) atoms. The highest BCUT2D eigenvalue weighted by atomic mass is 16.6. The first-order valence-corrected chi connectivity index (χ1v) is 5.07. The van der Waals surface area contributed by atoms with Gasteiger partial charge >= 0.3 is 0 Å². The SMILES string of the molecule is CN(CCC#N)C(=O)c1cc(O)ccc1[N+](=O)[O-]. The minimum Gasteiger partial charge on any atom is -0.508 e. The van der Waals surface area contributed by atoms with Crippen molar-refractivity contribution in [2.75, 3.05) is 13.6 Å². The lowest BCUT2D eigenvalue weighted by atomic mass is 10.1. The first kappa shape index (κ1) is 13.4. The Morgan fingerprint density at radius 2 is 2.28 bits per heavy atom. The van der Waals surface area contributed by atoms with Crippen molar-refractivity contribution in [2.45, 2.75) is 6.42 Å². The molecule has 0 bridgehead atoms. The van der Waals surface area contributed by atoms with Gasteiger partial charge in [0, 0.05) is 19.7 Å². The van der Waals surface area contributed by atoms with Gasteiger partial charge in [0.1, 0.15) is 11.3 Å². The van der Waals surface area contributed by atoms with Gasteiger partial charge in [0.15, 0.2) is 0 Å². The molecular formula is C11H11N3O4. The second-order valence-electron chi connectivity index (χ2n) is 3.59. The van der Waals surface area contributed by atoms with Crippen LogP contribution in [0.25, 0.3) is 0 Å². The fourth-order valence-corrected chi connectivity index (χ4v) is 1.38. The van der Waals surface area contributed by atoms with Crippen LogP contribution >= 0.6 is 0 Å². The van der Waals surface area contributed by atoms with Crippen molar-refractivity contribution < 1.29 is 14.8 Å². The molecule has 1 aromatic carbocycles. The fraction of sp³-hybridized carbons (Fsp3) is 0.273. The van der Waals surface area contributed by atoms with Crippen molar-refractivity contribution in [2.24, 2.45) is 0 Å². The molecule has 0 heterocycles. The van der Waals surface area contributed by atoms with Crippen LogP contribution in [0, 0.1) is 21.4 Å². The number of hydrogen-bond donors (Lipinski definition) is 1. The van der Waals surface area contributed by atoms with Crippen molar-refractivity contribution in [3.05, 3.63) is 33.9 Å². The van der Waals surface area contributed by atoms with Gasteiger partial charge in [0.2, 0.25) is 0 Å². The summed E-state index contributed by atoms with van der Waals surface area (Å²) >= 11 is 0. The fourth-order valence-electron chi connectivity index (χ4n) is 1.38. The number of aromatic hydroxyl groups is 1. The molecule has 0 aliphatic carbocycles. The van der Waals surface area contributed by atoms with Gasteiger partial charge < -0.3 is 10.0 Å². The van der Waals surface area contributed by atoms with Crippen LogP contribution in [0.5, 0.6) is 5.75 Å². The highest BCUT2D eigenvalue weighted by Gasteiger charge is 2.23. The molecule has 0 aliphatic rings. The highest BCUT2D eigenvalue weighted by molar-refractivity contribution is 5.98. The van der Waals surface area contributed by atoms with E-state index in [2.05, 4.69) is 0 Å². The lowest BCUT2D eigenvalue weighted by molar-refractivity contribution is -0.385. The smallest absolute Gasteiger partial charge is 0.282 e. The van der Waals surface area contributed by atoms with E-state index in [1.54, 1.807) is 0 Å². The summed E-state index contributed by atoms with van der Waals surface area (Å²) in [7, 11) is 1.44. The number of phenols is 1. The van der Waals surface area contributed by atoms with E-state index in [-0.39, 0.29) is 30.0 Å². The summed E-state index contributed by atoms with van der Waals surface area (Å²) < 4.78 is 0. The van der Waals surface area contributed by atoms with Gasteiger partial charge in [-0.05, 0) is 12.1 Å². The number of hydrogen-bond acceptors (Lipinski definition) is 5. The number of carbonyl (C=O) groups is 1. The zero-order valence-electron chi connectivity index (χ0n) is 9.66. The van der Waals surface area contributed by atoms with Gasteiger partial charge in [0.25, 0.3) is 11.6 Å². The molecule has 7 heteroatoms. The third-order valence-electron chi connectivity index (χ3n) is 2.31. The van der Waals surface area contributed by atoms with Crippen molar-refractivity contribution in [3.63, 3.8) is 0 Å². The Balaban J connectivity index is 3.08. The van der Waals surface area contributed by atoms with Crippen molar-refractivity contribution in [1.82, 2.24) is 4.90 Å². The van der Waals surface area contributed by atoms with Gasteiger partial charge in [-0.3, -0.25) is 14.9 Å². The molecule has 0 spiro atoms. The van der Waals surface area contributed by atoms with E-state index in [0.29, 0.717) is 0 Å². The quantitative estimate of drug-likeness (QED) is 0.638. The van der Waals surface area contributed by atoms with Gasteiger partial charge in [0.05, 0.1) is 17.4 Å². The first-order valence-electron chi connectivity index (χ1n) is 5.07. The Bertz CT molecular complexity index is 522. The van der Waals surface area contributed by atoms with Crippen LogP contribution in [0.4, 0.5) is 5.69 Å². The second kappa shape index (κ2) is 5.63. The molecule has 0 atom stereocenters. The number of rotatable bonds is 4. The van der Waals surface area contributed by atoms with Crippen LogP contribution in [0.1, 0.15) is 16.8 Å². The molecule has 0 radical (unpaired) electrons. The van der Waals surface area contributed by atoms with Crippen LogP contribution in [0.2, 0.25) is 0 Å². The Kier molecular flexibility index (Phi) is 4.21. The van der Waals surface area contributed by atoms with Crippen LogP contribution < -0.4 is 0 Å². The number of nitro benzene ring substituents is 1. The number of nitriles is 1. The number of phenolic OH excluding ortho intramolecular Hbond substituents is 1. The van der Waals surface area contributed by atoms with Gasteiger partial charge in [-0.2, -0.15) is 5.26 Å². The Morgan fingerprint density at radius 1 is 1.61 bits per heavy atom. The standard InChI is InChI=1S/C11H11N3O4/c1-13(6-2-5-12)11(16)9-7-8(15)3-4-10(9)14(17)18/h3-4,7,15H,2,6H2,1H3. The molecule has 0 aliphatic heterocycles. The van der Waals surface area contributed by atoms with E-state index in [1.807, 2.05) is 6.07 Å². The largest absolute Gasteiger partial charge is 0.508 e. The summed E-state index contributed by atoms with van der Waals surface area (Å²) in [6.45, 7) is 0.169. The molecule has 1 N–H and O–H groups in total. The maximum Gasteiger partial charge on any atom is 0.282 e. The van der Waals surface area contributed by atoms with E-state index >= 15 is 0 Å². The molecule has 94 valence electrons. The van der Waals surface area contributed by atoms with E-state index in [4.69, 9.17) is 5.26 Å². The molecule has 1 amide bonds. The summed E-state index contributed by atoms with van der Waals surface area (Å²) in [5.41, 5.74) is -0.568. The Labute approximate surface area is 103 Å². The molecule has 0 aromatic heterocycles. The van der Waals surface area contributed by atoms with E-state index in [0.717, 1.165) is 18.2 Å². The van der Waals surface area contributed by atoms with Crippen LogP contribution in [0.15, 0.2) is 18.2 Å². The zero-order valence-corrected chi connectivity index (χ0v) is 9.66. The van der Waals surface area contributed by atoms with Gasteiger partial charge in [-0.1, -0.05) is 0 Å². The number of amides is 1. The van der Waals surface area contributed by atoms with Crippen LogP contribution in [-0.4, -0.2) is 34.4 Å². The molecule has 1 rings (SSSR count). The topological polar surface area (TPSA) is 107 Å². The summed E-state index contributed by atoms with van der Waals surface area (Å²) in [6.07, 6.45) is 0.134. The van der Waals surface area contributed by atoms with E-state index in [9.17, 15) is 20.0 Å². The third-order valence-corrected chi connectivity index (χ3v) is 2.31. The Morgan fingerprint density at radius 3 is 2.83 bits per heavy atom. The zero-order chi connectivity index (χ0) is 13.7. The van der Waals surface area contributed by atoms with Crippen molar-refractivity contribution >= 4 is 11.6 Å². The van der Waals surface area contributed by atoms with Crippen molar-refractivity contribution in [1.29, 1.82) is 5.26 Å². The molecule has 0 saturated heterocycles.